The zero-order valence-electron chi connectivity index (χ0n) is 12.0. The summed E-state index contributed by atoms with van der Waals surface area (Å²) in [6.45, 7) is 0.367. The number of hydrogen-bond donors (Lipinski definition) is 0. The standard InChI is InChI=1S/C16H12F2N2O3/c17-13-6-4-11(8-14(13)18)16(21)19-7-1-2-10-3-5-12(20(22)23)9-15(10)19/h3-6,8-9H,1-2,7H2. The van der Waals surface area contributed by atoms with Crippen molar-refractivity contribution >= 4 is 17.3 Å². The molecule has 0 bridgehead atoms. The van der Waals surface area contributed by atoms with Gasteiger partial charge in [-0.25, -0.2) is 8.78 Å². The highest BCUT2D eigenvalue weighted by Crippen LogP contribution is 2.32. The Morgan fingerprint density at radius 1 is 1.13 bits per heavy atom. The van der Waals surface area contributed by atoms with E-state index in [1.165, 1.54) is 23.1 Å². The maximum Gasteiger partial charge on any atom is 0.271 e. The van der Waals surface area contributed by atoms with Gasteiger partial charge in [0.1, 0.15) is 0 Å². The molecule has 0 fully saturated rings. The third-order valence-corrected chi connectivity index (χ3v) is 3.81. The Hall–Kier alpha value is -2.83. The predicted octanol–water partition coefficient (Wildman–Crippen LogP) is 3.47. The molecule has 2 aromatic rings. The van der Waals surface area contributed by atoms with Crippen molar-refractivity contribution in [1.82, 2.24) is 0 Å². The van der Waals surface area contributed by atoms with E-state index in [2.05, 4.69) is 0 Å². The van der Waals surface area contributed by atoms with E-state index >= 15 is 0 Å². The Labute approximate surface area is 130 Å². The summed E-state index contributed by atoms with van der Waals surface area (Å²) in [4.78, 5) is 24.3. The van der Waals surface area contributed by atoms with Crippen LogP contribution in [0.3, 0.4) is 0 Å². The van der Waals surface area contributed by atoms with Gasteiger partial charge < -0.3 is 4.90 Å². The number of hydrogen-bond acceptors (Lipinski definition) is 3. The maximum absolute atomic E-state index is 13.3. The number of nitrogens with zero attached hydrogens (tertiary/aromatic N) is 2. The molecule has 2 aromatic carbocycles. The molecule has 1 aliphatic rings. The summed E-state index contributed by atoms with van der Waals surface area (Å²) in [6, 6.07) is 7.28. The van der Waals surface area contributed by atoms with Crippen LogP contribution in [-0.4, -0.2) is 17.4 Å². The van der Waals surface area contributed by atoms with Gasteiger partial charge >= 0.3 is 0 Å². The maximum atomic E-state index is 13.3. The van der Waals surface area contributed by atoms with Gasteiger partial charge in [0, 0.05) is 24.2 Å². The molecule has 1 aliphatic heterocycles. The van der Waals surface area contributed by atoms with Crippen molar-refractivity contribution in [2.75, 3.05) is 11.4 Å². The number of aryl methyl sites for hydroxylation is 1. The lowest BCUT2D eigenvalue weighted by Gasteiger charge is -2.29. The summed E-state index contributed by atoms with van der Waals surface area (Å²) in [5.74, 6) is -2.64. The number of benzene rings is 2. The molecular formula is C16H12F2N2O3. The quantitative estimate of drug-likeness (QED) is 0.629. The molecule has 0 atom stereocenters. The molecule has 0 saturated carbocycles. The number of nitro benzene ring substituents is 1. The van der Waals surface area contributed by atoms with Crippen LogP contribution < -0.4 is 4.90 Å². The van der Waals surface area contributed by atoms with E-state index < -0.39 is 22.5 Å². The van der Waals surface area contributed by atoms with Crippen LogP contribution in [-0.2, 0) is 6.42 Å². The fraction of sp³-hybridized carbons (Fsp3) is 0.188. The van der Waals surface area contributed by atoms with E-state index in [4.69, 9.17) is 0 Å². The van der Waals surface area contributed by atoms with Crippen LogP contribution in [0, 0.1) is 21.7 Å². The first-order chi connectivity index (χ1) is 11.0. The number of anilines is 1. The number of rotatable bonds is 2. The van der Waals surface area contributed by atoms with E-state index in [0.29, 0.717) is 25.1 Å². The third-order valence-electron chi connectivity index (χ3n) is 3.81. The Balaban J connectivity index is 2.01. The molecule has 3 rings (SSSR count). The second kappa shape index (κ2) is 5.75. The molecule has 0 aliphatic carbocycles. The second-order valence-corrected chi connectivity index (χ2v) is 5.26. The van der Waals surface area contributed by atoms with E-state index in [0.717, 1.165) is 17.7 Å². The summed E-state index contributed by atoms with van der Waals surface area (Å²) < 4.78 is 26.3. The van der Waals surface area contributed by atoms with Crippen molar-refractivity contribution in [3.8, 4) is 0 Å². The largest absolute Gasteiger partial charge is 0.308 e. The molecule has 0 radical (unpaired) electrons. The topological polar surface area (TPSA) is 63.5 Å². The lowest BCUT2D eigenvalue weighted by molar-refractivity contribution is -0.384. The molecule has 0 aromatic heterocycles. The molecular weight excluding hydrogens is 306 g/mol. The van der Waals surface area contributed by atoms with Crippen LogP contribution in [0.1, 0.15) is 22.3 Å². The molecule has 0 unspecified atom stereocenters. The van der Waals surface area contributed by atoms with Crippen LogP contribution in [0.25, 0.3) is 0 Å². The fourth-order valence-electron chi connectivity index (χ4n) is 2.67. The van der Waals surface area contributed by atoms with Crippen LogP contribution in [0.5, 0.6) is 0 Å². The number of halogens is 2. The zero-order chi connectivity index (χ0) is 16.6. The first-order valence-electron chi connectivity index (χ1n) is 7.01. The minimum Gasteiger partial charge on any atom is -0.308 e. The van der Waals surface area contributed by atoms with Gasteiger partial charge in [0.05, 0.1) is 10.6 Å². The number of fused-ring (bicyclic) bond motifs is 1. The van der Waals surface area contributed by atoms with Crippen molar-refractivity contribution in [2.24, 2.45) is 0 Å². The van der Waals surface area contributed by atoms with E-state index in [-0.39, 0.29) is 11.3 Å². The Morgan fingerprint density at radius 2 is 1.91 bits per heavy atom. The van der Waals surface area contributed by atoms with E-state index in [1.807, 2.05) is 0 Å². The van der Waals surface area contributed by atoms with Gasteiger partial charge in [-0.1, -0.05) is 6.07 Å². The number of carbonyl (C=O) groups excluding carboxylic acids is 1. The number of carbonyl (C=O) groups is 1. The summed E-state index contributed by atoms with van der Waals surface area (Å²) >= 11 is 0. The highest BCUT2D eigenvalue weighted by atomic mass is 19.2. The first kappa shape index (κ1) is 15.1. The van der Waals surface area contributed by atoms with Gasteiger partial charge in [0.15, 0.2) is 11.6 Å². The molecule has 0 N–H and O–H groups in total. The van der Waals surface area contributed by atoms with Gasteiger partial charge in [0.2, 0.25) is 0 Å². The lowest BCUT2D eigenvalue weighted by atomic mass is 10.00. The van der Waals surface area contributed by atoms with E-state index in [1.54, 1.807) is 6.07 Å². The molecule has 0 spiro atoms. The average Bonchev–Trinajstić information content (AvgIpc) is 2.55. The van der Waals surface area contributed by atoms with Gasteiger partial charge in [-0.15, -0.1) is 0 Å². The van der Waals surface area contributed by atoms with Gasteiger partial charge in [-0.3, -0.25) is 14.9 Å². The molecule has 1 heterocycles. The number of amides is 1. The van der Waals surface area contributed by atoms with Crippen molar-refractivity contribution in [3.63, 3.8) is 0 Å². The van der Waals surface area contributed by atoms with Crippen LogP contribution >= 0.6 is 0 Å². The monoisotopic (exact) mass is 318 g/mol. The summed E-state index contributed by atoms with van der Waals surface area (Å²) in [6.07, 6.45) is 1.40. The zero-order valence-corrected chi connectivity index (χ0v) is 12.0. The smallest absolute Gasteiger partial charge is 0.271 e. The Morgan fingerprint density at radius 3 is 2.61 bits per heavy atom. The first-order valence-corrected chi connectivity index (χ1v) is 7.01. The molecule has 5 nitrogen and oxygen atoms in total. The SMILES string of the molecule is O=C(c1ccc(F)c(F)c1)N1CCCc2ccc([N+](=O)[O-])cc21. The molecule has 118 valence electrons. The molecule has 0 saturated heterocycles. The van der Waals surface area contributed by atoms with Gasteiger partial charge in [0.25, 0.3) is 11.6 Å². The van der Waals surface area contributed by atoms with Crippen molar-refractivity contribution in [1.29, 1.82) is 0 Å². The van der Waals surface area contributed by atoms with Crippen LogP contribution in [0.2, 0.25) is 0 Å². The van der Waals surface area contributed by atoms with Crippen LogP contribution in [0.4, 0.5) is 20.2 Å². The van der Waals surface area contributed by atoms with E-state index in [9.17, 15) is 23.7 Å². The molecule has 7 heteroatoms. The Bertz CT molecular complexity index is 808. The third kappa shape index (κ3) is 2.77. The molecule has 1 amide bonds. The van der Waals surface area contributed by atoms with Crippen molar-refractivity contribution in [3.05, 3.63) is 69.3 Å². The highest BCUT2D eigenvalue weighted by Gasteiger charge is 2.26. The summed E-state index contributed by atoms with van der Waals surface area (Å²) in [7, 11) is 0. The van der Waals surface area contributed by atoms with Gasteiger partial charge in [-0.2, -0.15) is 0 Å². The summed E-state index contributed by atoms with van der Waals surface area (Å²) in [5, 5.41) is 10.9. The lowest BCUT2D eigenvalue weighted by Crippen LogP contribution is -2.35. The normalized spacial score (nSPS) is 13.6. The number of non-ortho nitro benzene ring substituents is 1. The predicted molar refractivity (Wildman–Crippen MR) is 79.5 cm³/mol. The van der Waals surface area contributed by atoms with Crippen molar-refractivity contribution in [2.45, 2.75) is 12.8 Å². The average molecular weight is 318 g/mol. The fourth-order valence-corrected chi connectivity index (χ4v) is 2.67. The highest BCUT2D eigenvalue weighted by molar-refractivity contribution is 6.06. The molecule has 23 heavy (non-hydrogen) atoms. The van der Waals surface area contributed by atoms with Gasteiger partial charge in [-0.05, 0) is 36.6 Å². The second-order valence-electron chi connectivity index (χ2n) is 5.26. The minimum atomic E-state index is -1.10. The van der Waals surface area contributed by atoms with Crippen molar-refractivity contribution < 1.29 is 18.5 Å². The van der Waals surface area contributed by atoms with Crippen LogP contribution in [0.15, 0.2) is 36.4 Å². The Kier molecular flexibility index (Phi) is 3.77. The number of nitro groups is 1. The minimum absolute atomic E-state index is 0.00301. The summed E-state index contributed by atoms with van der Waals surface area (Å²) in [5.41, 5.74) is 1.15.